The highest BCUT2D eigenvalue weighted by Crippen LogP contribution is 2.23. The summed E-state index contributed by atoms with van der Waals surface area (Å²) in [6.07, 6.45) is 2.40. The molecule has 1 aliphatic rings. The molecule has 0 spiro atoms. The van der Waals surface area contributed by atoms with E-state index < -0.39 is 15.9 Å². The third-order valence-electron chi connectivity index (χ3n) is 5.48. The lowest BCUT2D eigenvalue weighted by Gasteiger charge is -2.22. The molecular weight excluding hydrogens is 412 g/mol. The second-order valence-corrected chi connectivity index (χ2v) is 9.93. The number of hydrogen-bond donors (Lipinski definition) is 1. The molecule has 164 valence electrons. The van der Waals surface area contributed by atoms with Gasteiger partial charge in [-0.1, -0.05) is 43.3 Å². The van der Waals surface area contributed by atoms with Crippen LogP contribution in [0.1, 0.15) is 31.7 Å². The summed E-state index contributed by atoms with van der Waals surface area (Å²) in [4.78, 5) is 12.7. The number of nitrogens with one attached hydrogen (secondary N) is 1. The lowest BCUT2D eigenvalue weighted by Crippen LogP contribution is -2.41. The maximum Gasteiger partial charge on any atom is 0.224 e. The Hall–Kier alpha value is -2.69. The Morgan fingerprint density at radius 2 is 1.68 bits per heavy atom. The van der Waals surface area contributed by atoms with Gasteiger partial charge in [0.05, 0.1) is 16.7 Å². The van der Waals surface area contributed by atoms with Crippen molar-refractivity contribution in [3.8, 4) is 17.2 Å². The van der Waals surface area contributed by atoms with Gasteiger partial charge in [0.2, 0.25) is 5.91 Å². The van der Waals surface area contributed by atoms with Crippen LogP contribution in [0.2, 0.25) is 0 Å². The minimum atomic E-state index is -3.22. The third-order valence-corrected chi connectivity index (χ3v) is 7.41. The van der Waals surface area contributed by atoms with Gasteiger partial charge in [-0.2, -0.15) is 5.26 Å². The predicted octanol–water partition coefficient (Wildman–Crippen LogP) is 3.51. The van der Waals surface area contributed by atoms with E-state index in [2.05, 4.69) is 11.4 Å². The molecule has 1 atom stereocenters. The number of sulfone groups is 1. The van der Waals surface area contributed by atoms with Gasteiger partial charge < -0.3 is 10.1 Å². The van der Waals surface area contributed by atoms with Gasteiger partial charge in [0.15, 0.2) is 9.84 Å². The van der Waals surface area contributed by atoms with E-state index in [0.29, 0.717) is 43.8 Å². The van der Waals surface area contributed by atoms with Crippen molar-refractivity contribution < 1.29 is 17.9 Å². The smallest absolute Gasteiger partial charge is 0.224 e. The second kappa shape index (κ2) is 10.6. The average Bonchev–Trinajstić information content (AvgIpc) is 2.79. The summed E-state index contributed by atoms with van der Waals surface area (Å²) in [6.45, 7) is 3.02. The van der Waals surface area contributed by atoms with Crippen molar-refractivity contribution in [2.45, 2.75) is 43.5 Å². The van der Waals surface area contributed by atoms with E-state index in [1.807, 2.05) is 43.3 Å². The molecule has 2 aromatic rings. The Kier molecular flexibility index (Phi) is 7.83. The fourth-order valence-electron chi connectivity index (χ4n) is 3.69. The first-order chi connectivity index (χ1) is 14.9. The predicted molar refractivity (Wildman–Crippen MR) is 119 cm³/mol. The van der Waals surface area contributed by atoms with Gasteiger partial charge in [0, 0.05) is 25.6 Å². The average molecular weight is 441 g/mol. The SMILES string of the molecule is CCCS(=O)(=O)c1ccc(-c2ccc(CC(C#N)NC(=O)C3CCOCC3)cc2)cc1. The van der Waals surface area contributed by atoms with Crippen LogP contribution >= 0.6 is 0 Å². The molecule has 1 unspecified atom stereocenters. The number of rotatable bonds is 8. The molecule has 0 bridgehead atoms. The number of carbonyl (C=O) groups excluding carboxylic acids is 1. The molecule has 1 aliphatic heterocycles. The maximum absolute atomic E-state index is 12.4. The molecule has 1 fully saturated rings. The number of nitriles is 1. The van der Waals surface area contributed by atoms with Crippen LogP contribution in [0.15, 0.2) is 53.4 Å². The minimum absolute atomic E-state index is 0.0791. The van der Waals surface area contributed by atoms with Crippen molar-refractivity contribution in [3.05, 3.63) is 54.1 Å². The van der Waals surface area contributed by atoms with Crippen LogP contribution in [0.25, 0.3) is 11.1 Å². The molecule has 1 N–H and O–H groups in total. The van der Waals surface area contributed by atoms with Crippen LogP contribution in [0, 0.1) is 17.2 Å². The highest BCUT2D eigenvalue weighted by molar-refractivity contribution is 7.91. The summed E-state index contributed by atoms with van der Waals surface area (Å²) in [6, 6.07) is 16.3. The summed E-state index contributed by atoms with van der Waals surface area (Å²) in [5.41, 5.74) is 2.83. The quantitative estimate of drug-likeness (QED) is 0.678. The lowest BCUT2D eigenvalue weighted by molar-refractivity contribution is -0.128. The van der Waals surface area contributed by atoms with E-state index in [9.17, 15) is 18.5 Å². The maximum atomic E-state index is 12.4. The fraction of sp³-hybridized carbons (Fsp3) is 0.417. The Morgan fingerprint density at radius 1 is 1.10 bits per heavy atom. The highest BCUT2D eigenvalue weighted by atomic mass is 32.2. The molecule has 7 heteroatoms. The van der Waals surface area contributed by atoms with Gasteiger partial charge >= 0.3 is 0 Å². The summed E-state index contributed by atoms with van der Waals surface area (Å²) in [5, 5.41) is 12.3. The number of hydrogen-bond acceptors (Lipinski definition) is 5. The summed E-state index contributed by atoms with van der Waals surface area (Å²) >= 11 is 0. The zero-order chi connectivity index (χ0) is 22.3. The Morgan fingerprint density at radius 3 is 2.23 bits per heavy atom. The molecule has 1 heterocycles. The van der Waals surface area contributed by atoms with Crippen LogP contribution in [0.3, 0.4) is 0 Å². The van der Waals surface area contributed by atoms with Gasteiger partial charge in [-0.05, 0) is 48.1 Å². The van der Waals surface area contributed by atoms with E-state index in [-0.39, 0.29) is 17.6 Å². The molecule has 1 amide bonds. The van der Waals surface area contributed by atoms with Crippen LogP contribution < -0.4 is 5.32 Å². The molecule has 6 nitrogen and oxygen atoms in total. The van der Waals surface area contributed by atoms with Crippen LogP contribution in [0.5, 0.6) is 0 Å². The van der Waals surface area contributed by atoms with Gasteiger partial charge in [0.1, 0.15) is 6.04 Å². The first-order valence-electron chi connectivity index (χ1n) is 10.6. The van der Waals surface area contributed by atoms with Crippen molar-refractivity contribution in [1.29, 1.82) is 5.26 Å². The van der Waals surface area contributed by atoms with Gasteiger partial charge in [-0.15, -0.1) is 0 Å². The Labute approximate surface area is 184 Å². The van der Waals surface area contributed by atoms with E-state index in [4.69, 9.17) is 4.74 Å². The Bertz CT molecular complexity index is 1020. The topological polar surface area (TPSA) is 96.3 Å². The van der Waals surface area contributed by atoms with Gasteiger partial charge in [-0.25, -0.2) is 8.42 Å². The van der Waals surface area contributed by atoms with Crippen molar-refractivity contribution in [3.63, 3.8) is 0 Å². The van der Waals surface area contributed by atoms with Crippen molar-refractivity contribution in [1.82, 2.24) is 5.32 Å². The molecule has 2 aromatic carbocycles. The fourth-order valence-corrected chi connectivity index (χ4v) is 5.01. The number of amides is 1. The summed E-state index contributed by atoms with van der Waals surface area (Å²) in [5.74, 6) is -0.0210. The third kappa shape index (κ3) is 6.16. The zero-order valence-corrected chi connectivity index (χ0v) is 18.5. The molecule has 0 radical (unpaired) electrons. The molecule has 0 aromatic heterocycles. The number of carbonyl (C=O) groups is 1. The zero-order valence-electron chi connectivity index (χ0n) is 17.7. The van der Waals surface area contributed by atoms with Crippen LogP contribution in [0.4, 0.5) is 0 Å². The number of nitrogens with zero attached hydrogens (tertiary/aromatic N) is 1. The second-order valence-electron chi connectivity index (χ2n) is 7.82. The molecule has 0 aliphatic carbocycles. The van der Waals surface area contributed by atoms with Crippen molar-refractivity contribution >= 4 is 15.7 Å². The van der Waals surface area contributed by atoms with Crippen molar-refractivity contribution in [2.75, 3.05) is 19.0 Å². The Balaban J connectivity index is 1.62. The standard InChI is InChI=1S/C24H28N2O4S/c1-2-15-31(28,29)23-9-7-20(8-10-23)19-5-3-18(4-6-19)16-22(17-25)26-24(27)21-11-13-30-14-12-21/h3-10,21-22H,2,11-16H2,1H3,(H,26,27). The highest BCUT2D eigenvalue weighted by Gasteiger charge is 2.23. The first kappa shape index (κ1) is 23.0. The number of benzene rings is 2. The van der Waals surface area contributed by atoms with Crippen molar-refractivity contribution in [2.24, 2.45) is 5.92 Å². The molecule has 0 saturated carbocycles. The summed E-state index contributed by atoms with van der Waals surface area (Å²) in [7, 11) is -3.22. The summed E-state index contributed by atoms with van der Waals surface area (Å²) < 4.78 is 29.6. The van der Waals surface area contributed by atoms with E-state index in [1.54, 1.807) is 12.1 Å². The monoisotopic (exact) mass is 440 g/mol. The lowest BCUT2D eigenvalue weighted by atomic mass is 9.98. The van der Waals surface area contributed by atoms with Crippen LogP contribution in [-0.2, 0) is 25.8 Å². The number of ether oxygens (including phenoxy) is 1. The normalized spacial score (nSPS) is 15.7. The van der Waals surface area contributed by atoms with Gasteiger partial charge in [-0.3, -0.25) is 4.79 Å². The first-order valence-corrected chi connectivity index (χ1v) is 12.3. The minimum Gasteiger partial charge on any atom is -0.381 e. The molecule has 31 heavy (non-hydrogen) atoms. The van der Waals surface area contributed by atoms with E-state index in [1.165, 1.54) is 0 Å². The molecular formula is C24H28N2O4S. The van der Waals surface area contributed by atoms with Crippen LogP contribution in [-0.4, -0.2) is 39.3 Å². The largest absolute Gasteiger partial charge is 0.381 e. The van der Waals surface area contributed by atoms with Gasteiger partial charge in [0.25, 0.3) is 0 Å². The molecule has 1 saturated heterocycles. The van der Waals surface area contributed by atoms with E-state index >= 15 is 0 Å². The van der Waals surface area contributed by atoms with E-state index in [0.717, 1.165) is 16.7 Å². The molecule has 3 rings (SSSR count).